The number of nitrogens with one attached hydrogen (secondary N) is 2. The number of rotatable bonds is 4. The van der Waals surface area contributed by atoms with Crippen LogP contribution in [0, 0.1) is 0 Å². The van der Waals surface area contributed by atoms with Crippen molar-refractivity contribution in [2.24, 2.45) is 0 Å². The monoisotopic (exact) mass is 278 g/mol. The second-order valence-corrected chi connectivity index (χ2v) is 5.37. The summed E-state index contributed by atoms with van der Waals surface area (Å²) < 4.78 is 5.91. The molecule has 110 valence electrons. The highest BCUT2D eigenvalue weighted by Crippen LogP contribution is 2.22. The Hall–Kier alpha value is -1.60. The third kappa shape index (κ3) is 2.94. The number of fused-ring (bicyclic) bond motifs is 1. The SMILES string of the molecule is CNc1cc(NCC2CN3CCCC3CO2)nc(N)n1. The van der Waals surface area contributed by atoms with E-state index in [-0.39, 0.29) is 12.1 Å². The van der Waals surface area contributed by atoms with Crippen molar-refractivity contribution in [3.8, 4) is 0 Å². The molecule has 2 aliphatic heterocycles. The van der Waals surface area contributed by atoms with Crippen molar-refractivity contribution in [1.82, 2.24) is 14.9 Å². The summed E-state index contributed by atoms with van der Waals surface area (Å²) in [5, 5.41) is 6.25. The molecule has 0 aromatic carbocycles. The average molecular weight is 278 g/mol. The fraction of sp³-hybridized carbons (Fsp3) is 0.692. The highest BCUT2D eigenvalue weighted by molar-refractivity contribution is 5.50. The standard InChI is InChI=1S/C13H22N6O/c1-15-11-5-12(18-13(14)17-11)16-6-10-7-19-4-2-3-9(19)8-20-10/h5,9-10H,2-4,6-8H2,1H3,(H4,14,15,16,17,18). The van der Waals surface area contributed by atoms with Crippen LogP contribution in [-0.4, -0.2) is 60.3 Å². The maximum absolute atomic E-state index is 5.91. The predicted molar refractivity (Wildman–Crippen MR) is 78.8 cm³/mol. The van der Waals surface area contributed by atoms with Crippen LogP contribution in [0.1, 0.15) is 12.8 Å². The molecule has 4 N–H and O–H groups in total. The van der Waals surface area contributed by atoms with Crippen LogP contribution in [-0.2, 0) is 4.74 Å². The lowest BCUT2D eigenvalue weighted by atomic mass is 10.2. The number of hydrogen-bond donors (Lipinski definition) is 3. The molecule has 7 heteroatoms. The van der Waals surface area contributed by atoms with Gasteiger partial charge in [0, 0.05) is 32.2 Å². The molecule has 2 saturated heterocycles. The van der Waals surface area contributed by atoms with E-state index in [1.54, 1.807) is 0 Å². The van der Waals surface area contributed by atoms with Crippen molar-refractivity contribution in [2.75, 3.05) is 49.7 Å². The fourth-order valence-corrected chi connectivity index (χ4v) is 2.91. The summed E-state index contributed by atoms with van der Waals surface area (Å²) in [5.41, 5.74) is 5.67. The Morgan fingerprint density at radius 2 is 2.30 bits per heavy atom. The lowest BCUT2D eigenvalue weighted by molar-refractivity contribution is -0.0416. The molecule has 0 aliphatic carbocycles. The van der Waals surface area contributed by atoms with Crippen LogP contribution in [0.3, 0.4) is 0 Å². The number of nitrogen functional groups attached to an aromatic ring is 1. The van der Waals surface area contributed by atoms with Crippen molar-refractivity contribution < 1.29 is 4.74 Å². The van der Waals surface area contributed by atoms with E-state index in [9.17, 15) is 0 Å². The normalized spacial score (nSPS) is 26.2. The van der Waals surface area contributed by atoms with Gasteiger partial charge in [-0.3, -0.25) is 4.90 Å². The molecule has 2 fully saturated rings. The van der Waals surface area contributed by atoms with E-state index in [1.807, 2.05) is 13.1 Å². The third-order valence-corrected chi connectivity index (χ3v) is 3.97. The molecule has 2 aliphatic rings. The lowest BCUT2D eigenvalue weighted by Crippen LogP contribution is -2.48. The van der Waals surface area contributed by atoms with Gasteiger partial charge in [0.05, 0.1) is 12.7 Å². The van der Waals surface area contributed by atoms with E-state index in [0.29, 0.717) is 11.9 Å². The molecule has 3 rings (SSSR count). The van der Waals surface area contributed by atoms with Gasteiger partial charge in [0.25, 0.3) is 0 Å². The average Bonchev–Trinajstić information content (AvgIpc) is 2.92. The molecule has 0 spiro atoms. The van der Waals surface area contributed by atoms with Gasteiger partial charge in [-0.25, -0.2) is 0 Å². The van der Waals surface area contributed by atoms with E-state index in [1.165, 1.54) is 19.4 Å². The third-order valence-electron chi connectivity index (χ3n) is 3.97. The quantitative estimate of drug-likeness (QED) is 0.733. The summed E-state index contributed by atoms with van der Waals surface area (Å²) in [4.78, 5) is 10.8. The number of anilines is 3. The molecular weight excluding hydrogens is 256 g/mol. The zero-order valence-electron chi connectivity index (χ0n) is 11.8. The van der Waals surface area contributed by atoms with Gasteiger partial charge in [0.2, 0.25) is 5.95 Å². The molecule has 0 bridgehead atoms. The van der Waals surface area contributed by atoms with Gasteiger partial charge >= 0.3 is 0 Å². The molecule has 2 atom stereocenters. The van der Waals surface area contributed by atoms with Crippen molar-refractivity contribution in [1.29, 1.82) is 0 Å². The van der Waals surface area contributed by atoms with Crippen LogP contribution in [0.25, 0.3) is 0 Å². The summed E-state index contributed by atoms with van der Waals surface area (Å²) in [6.07, 6.45) is 2.77. The fourth-order valence-electron chi connectivity index (χ4n) is 2.91. The highest BCUT2D eigenvalue weighted by atomic mass is 16.5. The first kappa shape index (κ1) is 13.4. The van der Waals surface area contributed by atoms with E-state index in [2.05, 4.69) is 25.5 Å². The van der Waals surface area contributed by atoms with Crippen LogP contribution >= 0.6 is 0 Å². The molecule has 1 aromatic rings. The van der Waals surface area contributed by atoms with E-state index in [0.717, 1.165) is 25.5 Å². The summed E-state index contributed by atoms with van der Waals surface area (Å²) in [7, 11) is 1.81. The van der Waals surface area contributed by atoms with Crippen LogP contribution in [0.15, 0.2) is 6.07 Å². The van der Waals surface area contributed by atoms with Crippen LogP contribution in [0.2, 0.25) is 0 Å². The van der Waals surface area contributed by atoms with Crippen molar-refractivity contribution >= 4 is 17.6 Å². The minimum atomic E-state index is 0.207. The maximum atomic E-state index is 5.91. The number of nitrogens with zero attached hydrogens (tertiary/aromatic N) is 3. The Balaban J connectivity index is 1.55. The zero-order valence-corrected chi connectivity index (χ0v) is 11.8. The minimum Gasteiger partial charge on any atom is -0.373 e. The smallest absolute Gasteiger partial charge is 0.223 e. The topological polar surface area (TPSA) is 88.3 Å². The first-order chi connectivity index (χ1) is 9.74. The largest absolute Gasteiger partial charge is 0.373 e. The molecule has 2 unspecified atom stereocenters. The molecule has 1 aromatic heterocycles. The van der Waals surface area contributed by atoms with Crippen molar-refractivity contribution in [3.63, 3.8) is 0 Å². The first-order valence-electron chi connectivity index (χ1n) is 7.16. The minimum absolute atomic E-state index is 0.207. The van der Waals surface area contributed by atoms with Gasteiger partial charge in [-0.15, -0.1) is 0 Å². The first-order valence-corrected chi connectivity index (χ1v) is 7.16. The molecule has 20 heavy (non-hydrogen) atoms. The molecule has 3 heterocycles. The van der Waals surface area contributed by atoms with Gasteiger partial charge in [0.1, 0.15) is 11.6 Å². The lowest BCUT2D eigenvalue weighted by Gasteiger charge is -2.35. The Kier molecular flexibility index (Phi) is 3.88. The summed E-state index contributed by atoms with van der Waals surface area (Å²) in [6.45, 7) is 3.79. The Morgan fingerprint density at radius 1 is 1.45 bits per heavy atom. The summed E-state index contributed by atoms with van der Waals surface area (Å²) in [5.74, 6) is 1.71. The van der Waals surface area contributed by atoms with Gasteiger partial charge < -0.3 is 21.1 Å². The maximum Gasteiger partial charge on any atom is 0.223 e. The molecule has 7 nitrogen and oxygen atoms in total. The van der Waals surface area contributed by atoms with Crippen LogP contribution < -0.4 is 16.4 Å². The number of hydrogen-bond acceptors (Lipinski definition) is 7. The number of aromatic nitrogens is 2. The summed E-state index contributed by atoms with van der Waals surface area (Å²) in [6, 6.07) is 2.48. The van der Waals surface area contributed by atoms with Gasteiger partial charge in [-0.05, 0) is 19.4 Å². The number of ether oxygens (including phenoxy) is 1. The second kappa shape index (κ2) is 5.80. The van der Waals surface area contributed by atoms with Gasteiger partial charge in [-0.2, -0.15) is 9.97 Å². The second-order valence-electron chi connectivity index (χ2n) is 5.37. The highest BCUT2D eigenvalue weighted by Gasteiger charge is 2.31. The Labute approximate surface area is 118 Å². The van der Waals surface area contributed by atoms with Crippen molar-refractivity contribution in [3.05, 3.63) is 6.07 Å². The van der Waals surface area contributed by atoms with E-state index >= 15 is 0 Å². The van der Waals surface area contributed by atoms with Crippen LogP contribution in [0.5, 0.6) is 0 Å². The molecule has 0 amide bonds. The number of nitrogens with two attached hydrogens (primary N) is 1. The van der Waals surface area contributed by atoms with Gasteiger partial charge in [-0.1, -0.05) is 0 Å². The molecule has 0 radical (unpaired) electrons. The Morgan fingerprint density at radius 3 is 3.15 bits per heavy atom. The zero-order chi connectivity index (χ0) is 13.9. The molecule has 0 saturated carbocycles. The predicted octanol–water partition coefficient (Wildman–Crippen LogP) is 0.376. The van der Waals surface area contributed by atoms with Crippen molar-refractivity contribution in [2.45, 2.75) is 25.0 Å². The van der Waals surface area contributed by atoms with E-state index in [4.69, 9.17) is 10.5 Å². The van der Waals surface area contributed by atoms with Crippen LogP contribution in [0.4, 0.5) is 17.6 Å². The van der Waals surface area contributed by atoms with E-state index < -0.39 is 0 Å². The molecular formula is C13H22N6O. The Bertz CT molecular complexity index is 468. The summed E-state index contributed by atoms with van der Waals surface area (Å²) >= 11 is 0. The van der Waals surface area contributed by atoms with Gasteiger partial charge in [0.15, 0.2) is 0 Å². The number of morpholine rings is 1.